The molecule has 6 rings (SSSR count). The molecule has 0 spiro atoms. The number of aryl methyl sites for hydroxylation is 1. The minimum absolute atomic E-state index is 0.165. The number of carbonyl (C=O) groups is 2. The highest BCUT2D eigenvalue weighted by molar-refractivity contribution is 8.00. The fourth-order valence-corrected chi connectivity index (χ4v) is 7.65. The van der Waals surface area contributed by atoms with E-state index in [2.05, 4.69) is 4.98 Å². The number of anilines is 1. The van der Waals surface area contributed by atoms with Crippen molar-refractivity contribution in [2.75, 3.05) is 4.90 Å². The summed E-state index contributed by atoms with van der Waals surface area (Å²) in [6.07, 6.45) is 0. The van der Waals surface area contributed by atoms with Crippen LogP contribution in [0.5, 0.6) is 5.75 Å². The fourth-order valence-electron chi connectivity index (χ4n) is 5.15. The van der Waals surface area contributed by atoms with Gasteiger partial charge in [0.05, 0.1) is 21.6 Å². The Morgan fingerprint density at radius 3 is 2.52 bits per heavy atom. The number of fused-ring (bicyclic) bond motifs is 2. The molecule has 202 valence electrons. The van der Waals surface area contributed by atoms with E-state index in [4.69, 9.17) is 4.74 Å². The number of nitro groups is 1. The third-order valence-corrected chi connectivity index (χ3v) is 9.49. The number of rotatable bonds is 6. The van der Waals surface area contributed by atoms with Crippen LogP contribution in [0.4, 0.5) is 15.8 Å². The number of hydrogen-bond acceptors (Lipinski definition) is 8. The molecule has 3 aromatic carbocycles. The van der Waals surface area contributed by atoms with Gasteiger partial charge >= 0.3 is 4.87 Å². The van der Waals surface area contributed by atoms with Crippen LogP contribution in [0.3, 0.4) is 0 Å². The van der Waals surface area contributed by atoms with E-state index in [0.717, 1.165) is 51.3 Å². The van der Waals surface area contributed by atoms with Crippen molar-refractivity contribution < 1.29 is 23.6 Å². The number of aromatic amines is 1. The Morgan fingerprint density at radius 1 is 1.05 bits per heavy atom. The van der Waals surface area contributed by atoms with Crippen LogP contribution in [-0.2, 0) is 16.2 Å². The number of aromatic nitrogens is 1. The van der Waals surface area contributed by atoms with Gasteiger partial charge in [0.2, 0.25) is 11.8 Å². The molecular formula is C28H20FN3O6S2. The van der Waals surface area contributed by atoms with Crippen molar-refractivity contribution in [2.45, 2.75) is 29.7 Å². The number of nitro benzene ring substituents is 1. The van der Waals surface area contributed by atoms with Crippen LogP contribution in [0, 0.1) is 28.8 Å². The number of nitrogens with one attached hydrogen (secondary N) is 1. The SMILES string of the molecule is Cc1ccccc1COc1ccc([N+](=O)[O-])cc1[C@H]1c2sc(=O)[nH]c2SC2C(=O)N(c3ccc(F)cc3)C(=O)C21. The molecule has 0 saturated carbocycles. The maximum atomic E-state index is 13.9. The Kier molecular flexibility index (Phi) is 6.51. The molecule has 3 heterocycles. The van der Waals surface area contributed by atoms with E-state index in [1.165, 1.54) is 30.3 Å². The largest absolute Gasteiger partial charge is 0.489 e. The van der Waals surface area contributed by atoms with Crippen LogP contribution in [-0.4, -0.2) is 27.0 Å². The molecule has 1 N–H and O–H groups in total. The number of carbonyl (C=O) groups excluding carboxylic acids is 2. The summed E-state index contributed by atoms with van der Waals surface area (Å²) >= 11 is 1.98. The maximum absolute atomic E-state index is 13.9. The number of halogens is 1. The second-order valence-electron chi connectivity index (χ2n) is 9.43. The molecule has 2 amide bonds. The van der Waals surface area contributed by atoms with Crippen molar-refractivity contribution in [3.63, 3.8) is 0 Å². The topological polar surface area (TPSA) is 123 Å². The zero-order chi connectivity index (χ0) is 28.1. The molecule has 1 aromatic heterocycles. The molecule has 3 atom stereocenters. The molecule has 1 saturated heterocycles. The van der Waals surface area contributed by atoms with Crippen molar-refractivity contribution in [3.8, 4) is 5.75 Å². The fraction of sp³-hybridized carbons (Fsp3) is 0.179. The van der Waals surface area contributed by atoms with Gasteiger partial charge in [0.15, 0.2) is 0 Å². The van der Waals surface area contributed by atoms with Crippen molar-refractivity contribution in [1.29, 1.82) is 0 Å². The van der Waals surface area contributed by atoms with E-state index < -0.39 is 39.6 Å². The molecule has 12 heteroatoms. The van der Waals surface area contributed by atoms with E-state index >= 15 is 0 Å². The summed E-state index contributed by atoms with van der Waals surface area (Å²) in [6, 6.07) is 16.8. The van der Waals surface area contributed by atoms with E-state index in [-0.39, 0.29) is 22.9 Å². The molecule has 2 aliphatic rings. The Bertz CT molecular complexity index is 1730. The Hall–Kier alpha value is -4.29. The van der Waals surface area contributed by atoms with Gasteiger partial charge in [0.1, 0.15) is 23.4 Å². The first kappa shape index (κ1) is 26.0. The summed E-state index contributed by atoms with van der Waals surface area (Å²) in [4.78, 5) is 55.1. The first-order valence-electron chi connectivity index (χ1n) is 12.2. The minimum Gasteiger partial charge on any atom is -0.489 e. The van der Waals surface area contributed by atoms with Gasteiger partial charge in [-0.1, -0.05) is 47.4 Å². The number of amides is 2. The quantitative estimate of drug-likeness (QED) is 0.191. The highest BCUT2D eigenvalue weighted by atomic mass is 32.2. The van der Waals surface area contributed by atoms with Gasteiger partial charge in [0.25, 0.3) is 5.69 Å². The van der Waals surface area contributed by atoms with E-state index in [1.807, 2.05) is 31.2 Å². The van der Waals surface area contributed by atoms with Crippen LogP contribution in [0.2, 0.25) is 0 Å². The van der Waals surface area contributed by atoms with Crippen LogP contribution in [0.25, 0.3) is 0 Å². The molecule has 2 unspecified atom stereocenters. The third-order valence-electron chi connectivity index (χ3n) is 7.09. The summed E-state index contributed by atoms with van der Waals surface area (Å²) in [5.41, 5.74) is 2.24. The monoisotopic (exact) mass is 577 g/mol. The number of H-pyrrole nitrogens is 1. The first-order chi connectivity index (χ1) is 19.2. The third kappa shape index (κ3) is 4.38. The zero-order valence-electron chi connectivity index (χ0n) is 20.8. The number of ether oxygens (including phenoxy) is 1. The predicted octanol–water partition coefficient (Wildman–Crippen LogP) is 5.17. The number of hydrogen-bond donors (Lipinski definition) is 1. The molecule has 0 radical (unpaired) electrons. The summed E-state index contributed by atoms with van der Waals surface area (Å²) < 4.78 is 19.8. The molecule has 4 aromatic rings. The van der Waals surface area contributed by atoms with E-state index in [0.29, 0.717) is 21.2 Å². The second kappa shape index (κ2) is 10.0. The molecule has 0 aliphatic carbocycles. The smallest absolute Gasteiger partial charge is 0.305 e. The molecule has 0 bridgehead atoms. The number of benzene rings is 3. The van der Waals surface area contributed by atoms with Crippen molar-refractivity contribution in [3.05, 3.63) is 114 Å². The Morgan fingerprint density at radius 2 is 1.80 bits per heavy atom. The lowest BCUT2D eigenvalue weighted by molar-refractivity contribution is -0.385. The van der Waals surface area contributed by atoms with Gasteiger partial charge < -0.3 is 9.72 Å². The van der Waals surface area contributed by atoms with Crippen LogP contribution >= 0.6 is 23.1 Å². The first-order valence-corrected chi connectivity index (χ1v) is 13.9. The Labute approximate surface area is 234 Å². The van der Waals surface area contributed by atoms with Crippen molar-refractivity contribution in [1.82, 2.24) is 4.98 Å². The van der Waals surface area contributed by atoms with Crippen LogP contribution in [0.1, 0.15) is 27.5 Å². The second-order valence-corrected chi connectivity index (χ2v) is 11.6. The number of non-ortho nitro benzene ring substituents is 1. The summed E-state index contributed by atoms with van der Waals surface area (Å²) in [6.45, 7) is 2.10. The number of thiazole rings is 1. The van der Waals surface area contributed by atoms with Gasteiger partial charge in [-0.2, -0.15) is 0 Å². The van der Waals surface area contributed by atoms with Gasteiger partial charge in [-0.25, -0.2) is 9.29 Å². The molecule has 2 aliphatic heterocycles. The van der Waals surface area contributed by atoms with E-state index in [9.17, 15) is 28.9 Å². The summed E-state index contributed by atoms with van der Waals surface area (Å²) in [5, 5.41) is 11.3. The lowest BCUT2D eigenvalue weighted by Crippen LogP contribution is -2.32. The van der Waals surface area contributed by atoms with Gasteiger partial charge in [0, 0.05) is 28.5 Å². The summed E-state index contributed by atoms with van der Waals surface area (Å²) in [5.74, 6) is -3.12. The minimum atomic E-state index is -0.982. The van der Waals surface area contributed by atoms with Crippen LogP contribution in [0.15, 0.2) is 76.6 Å². The zero-order valence-corrected chi connectivity index (χ0v) is 22.5. The maximum Gasteiger partial charge on any atom is 0.305 e. The number of nitrogens with zero attached hydrogens (tertiary/aromatic N) is 2. The van der Waals surface area contributed by atoms with Crippen molar-refractivity contribution >= 4 is 46.3 Å². The average Bonchev–Trinajstić information content (AvgIpc) is 3.43. The summed E-state index contributed by atoms with van der Waals surface area (Å²) in [7, 11) is 0. The van der Waals surface area contributed by atoms with Gasteiger partial charge in [-0.3, -0.25) is 24.5 Å². The molecule has 40 heavy (non-hydrogen) atoms. The lowest BCUT2D eigenvalue weighted by Gasteiger charge is -2.30. The molecule has 1 fully saturated rings. The highest BCUT2D eigenvalue weighted by Gasteiger charge is 2.57. The highest BCUT2D eigenvalue weighted by Crippen LogP contribution is 2.55. The predicted molar refractivity (Wildman–Crippen MR) is 147 cm³/mol. The standard InChI is InChI=1S/C28H20FN3O6S2/c1-14-4-2-3-5-15(14)13-38-20-11-10-18(32(36)37)12-19(20)21-22-24(39-25-23(21)40-28(35)30-25)27(34)31(26(22)33)17-8-6-16(29)7-9-17/h2-12,21-22,24H,13H2,1H3,(H,30,35)/t21-,22?,24?/m1/s1. The van der Waals surface area contributed by atoms with Gasteiger partial charge in [-0.05, 0) is 48.4 Å². The molecule has 9 nitrogen and oxygen atoms in total. The number of imide groups is 1. The van der Waals surface area contributed by atoms with Crippen molar-refractivity contribution in [2.24, 2.45) is 5.92 Å². The Balaban J connectivity index is 1.48. The normalized spacial score (nSPS) is 19.9. The molecular weight excluding hydrogens is 557 g/mol. The average molecular weight is 578 g/mol. The lowest BCUT2D eigenvalue weighted by atomic mass is 9.82. The van der Waals surface area contributed by atoms with Gasteiger partial charge in [-0.15, -0.1) is 0 Å². The van der Waals surface area contributed by atoms with Crippen LogP contribution < -0.4 is 14.5 Å². The number of thioether (sulfide) groups is 1. The van der Waals surface area contributed by atoms with E-state index in [1.54, 1.807) is 0 Å².